The lowest BCUT2D eigenvalue weighted by atomic mass is 9.87. The molecule has 3 aromatic rings. The van der Waals surface area contributed by atoms with Gasteiger partial charge >= 0.3 is 0 Å². The first-order chi connectivity index (χ1) is 15.3. The molecule has 3 rings (SSSR count). The molecule has 0 aromatic heterocycles. The summed E-state index contributed by atoms with van der Waals surface area (Å²) in [6, 6.07) is 25.8. The molecule has 0 saturated heterocycles. The van der Waals surface area contributed by atoms with Crippen LogP contribution in [0.15, 0.2) is 94.7 Å². The summed E-state index contributed by atoms with van der Waals surface area (Å²) in [6.45, 7) is 6.94. The average molecular weight is 453 g/mol. The summed E-state index contributed by atoms with van der Waals surface area (Å²) in [4.78, 5) is 0.945. The molecule has 0 amide bonds. The van der Waals surface area contributed by atoms with Crippen molar-refractivity contribution in [1.82, 2.24) is 0 Å². The summed E-state index contributed by atoms with van der Waals surface area (Å²) in [6.07, 6.45) is 0.457. The Morgan fingerprint density at radius 1 is 0.875 bits per heavy atom. The zero-order chi connectivity index (χ0) is 23.0. The molecule has 0 aliphatic rings. The standard InChI is InChI=1S/C28H30F2OS/c1-28(2,3)23-14-18-25(19-15-23)32-26(27(29)30)11-7-10-21-12-16-24(17-13-21)31-20-22-8-5-4-6-9-22/h4-6,8-9,11-19,27H,7,10,20H2,1-3H3/b26-11-. The summed E-state index contributed by atoms with van der Waals surface area (Å²) >= 11 is 1.15. The minimum Gasteiger partial charge on any atom is -0.489 e. The number of benzene rings is 3. The zero-order valence-corrected chi connectivity index (χ0v) is 19.7. The number of halogens is 2. The van der Waals surface area contributed by atoms with Crippen molar-refractivity contribution in [2.75, 3.05) is 0 Å². The molecule has 0 aliphatic carbocycles. The van der Waals surface area contributed by atoms with Gasteiger partial charge in [-0.15, -0.1) is 0 Å². The highest BCUT2D eigenvalue weighted by atomic mass is 32.2. The lowest BCUT2D eigenvalue weighted by molar-refractivity contribution is 0.199. The van der Waals surface area contributed by atoms with E-state index in [1.165, 1.54) is 5.56 Å². The van der Waals surface area contributed by atoms with E-state index < -0.39 is 6.43 Å². The van der Waals surface area contributed by atoms with Crippen LogP contribution in [0, 0.1) is 0 Å². The van der Waals surface area contributed by atoms with Crippen LogP contribution < -0.4 is 4.74 Å². The SMILES string of the molecule is CC(C)(C)c1ccc(S/C(=C\CCc2ccc(OCc3ccccc3)cc2)C(F)F)cc1. The second-order valence-electron chi connectivity index (χ2n) is 8.74. The maximum absolute atomic E-state index is 13.6. The van der Waals surface area contributed by atoms with Crippen molar-refractivity contribution in [3.05, 3.63) is 107 Å². The van der Waals surface area contributed by atoms with Crippen LogP contribution in [0.3, 0.4) is 0 Å². The summed E-state index contributed by atoms with van der Waals surface area (Å²) in [7, 11) is 0. The molecule has 32 heavy (non-hydrogen) atoms. The maximum Gasteiger partial charge on any atom is 0.269 e. The fraction of sp³-hybridized carbons (Fsp3) is 0.286. The fourth-order valence-electron chi connectivity index (χ4n) is 3.21. The minimum atomic E-state index is -2.48. The van der Waals surface area contributed by atoms with E-state index in [-0.39, 0.29) is 10.3 Å². The number of hydrogen-bond acceptors (Lipinski definition) is 2. The summed E-state index contributed by atoms with van der Waals surface area (Å²) in [5.41, 5.74) is 3.46. The number of rotatable bonds is 9. The molecule has 1 nitrogen and oxygen atoms in total. The number of hydrogen-bond donors (Lipinski definition) is 0. The van der Waals surface area contributed by atoms with E-state index in [4.69, 9.17) is 4.74 Å². The van der Waals surface area contributed by atoms with Gasteiger partial charge in [0, 0.05) is 4.90 Å². The molecule has 0 spiro atoms. The normalized spacial score (nSPS) is 12.2. The highest BCUT2D eigenvalue weighted by Crippen LogP contribution is 2.33. The molecule has 3 aromatic carbocycles. The van der Waals surface area contributed by atoms with E-state index in [1.807, 2.05) is 78.9 Å². The van der Waals surface area contributed by atoms with Crippen molar-refractivity contribution in [3.63, 3.8) is 0 Å². The Balaban J connectivity index is 1.53. The lowest BCUT2D eigenvalue weighted by Crippen LogP contribution is -2.10. The molecular weight excluding hydrogens is 422 g/mol. The minimum absolute atomic E-state index is 0.0483. The van der Waals surface area contributed by atoms with Gasteiger partial charge in [-0.1, -0.05) is 93.2 Å². The predicted molar refractivity (Wildman–Crippen MR) is 131 cm³/mol. The molecule has 0 atom stereocenters. The van der Waals surface area contributed by atoms with Crippen molar-refractivity contribution in [3.8, 4) is 5.75 Å². The average Bonchev–Trinajstić information content (AvgIpc) is 2.78. The maximum atomic E-state index is 13.6. The Labute approximate surface area is 194 Å². The van der Waals surface area contributed by atoms with Gasteiger partial charge < -0.3 is 4.74 Å². The number of ether oxygens (including phenoxy) is 1. The molecule has 0 aliphatic heterocycles. The van der Waals surface area contributed by atoms with E-state index in [1.54, 1.807) is 6.08 Å². The van der Waals surface area contributed by atoms with Crippen LogP contribution in [0.5, 0.6) is 5.75 Å². The molecule has 0 bridgehead atoms. The molecule has 0 radical (unpaired) electrons. The monoisotopic (exact) mass is 452 g/mol. The third-order valence-corrected chi connectivity index (χ3v) is 6.21. The number of thioether (sulfide) groups is 1. The predicted octanol–water partition coefficient (Wildman–Crippen LogP) is 8.44. The first kappa shape index (κ1) is 24.1. The Hall–Kier alpha value is -2.59. The summed E-state index contributed by atoms with van der Waals surface area (Å²) in [5.74, 6) is 0.802. The highest BCUT2D eigenvalue weighted by molar-refractivity contribution is 8.03. The van der Waals surface area contributed by atoms with Gasteiger partial charge in [-0.05, 0) is 59.2 Å². The molecule has 0 heterocycles. The topological polar surface area (TPSA) is 9.23 Å². The van der Waals surface area contributed by atoms with Gasteiger partial charge in [0.05, 0.1) is 4.91 Å². The number of alkyl halides is 2. The third-order valence-electron chi connectivity index (χ3n) is 5.12. The van der Waals surface area contributed by atoms with E-state index >= 15 is 0 Å². The molecular formula is C28H30F2OS. The second-order valence-corrected chi connectivity index (χ2v) is 9.89. The van der Waals surface area contributed by atoms with Crippen molar-refractivity contribution in [2.24, 2.45) is 0 Å². The molecule has 0 N–H and O–H groups in total. The Morgan fingerprint density at radius 3 is 2.12 bits per heavy atom. The second kappa shape index (κ2) is 11.3. The zero-order valence-electron chi connectivity index (χ0n) is 18.9. The Morgan fingerprint density at radius 2 is 1.53 bits per heavy atom. The molecule has 0 fully saturated rings. The first-order valence-corrected chi connectivity index (χ1v) is 11.7. The van der Waals surface area contributed by atoms with Gasteiger partial charge in [0.1, 0.15) is 12.4 Å². The molecule has 168 valence electrons. The highest BCUT2D eigenvalue weighted by Gasteiger charge is 2.15. The van der Waals surface area contributed by atoms with Crippen LogP contribution >= 0.6 is 11.8 Å². The van der Waals surface area contributed by atoms with Crippen LogP contribution in [0.1, 0.15) is 43.9 Å². The van der Waals surface area contributed by atoms with Crippen LogP contribution in [0.25, 0.3) is 0 Å². The van der Waals surface area contributed by atoms with Gasteiger partial charge in [0.25, 0.3) is 6.43 Å². The van der Waals surface area contributed by atoms with Gasteiger partial charge in [0.2, 0.25) is 0 Å². The lowest BCUT2D eigenvalue weighted by Gasteiger charge is -2.19. The summed E-state index contributed by atoms with van der Waals surface area (Å²) in [5, 5.41) is 0. The number of aryl methyl sites for hydroxylation is 1. The molecule has 4 heteroatoms. The Bertz CT molecular complexity index is 988. The smallest absolute Gasteiger partial charge is 0.269 e. The van der Waals surface area contributed by atoms with E-state index in [9.17, 15) is 8.78 Å². The first-order valence-electron chi connectivity index (χ1n) is 10.8. The third kappa shape index (κ3) is 7.52. The van der Waals surface area contributed by atoms with E-state index in [0.29, 0.717) is 19.4 Å². The van der Waals surface area contributed by atoms with E-state index in [2.05, 4.69) is 20.8 Å². The van der Waals surface area contributed by atoms with Gasteiger partial charge in [-0.2, -0.15) is 0 Å². The van der Waals surface area contributed by atoms with Gasteiger partial charge in [-0.3, -0.25) is 0 Å². The van der Waals surface area contributed by atoms with Crippen LogP contribution in [0.4, 0.5) is 8.78 Å². The van der Waals surface area contributed by atoms with Crippen LogP contribution in [-0.4, -0.2) is 6.43 Å². The van der Waals surface area contributed by atoms with Crippen LogP contribution in [0.2, 0.25) is 0 Å². The van der Waals surface area contributed by atoms with E-state index in [0.717, 1.165) is 33.5 Å². The fourth-order valence-corrected chi connectivity index (χ4v) is 4.04. The molecule has 0 unspecified atom stereocenters. The van der Waals surface area contributed by atoms with Crippen molar-refractivity contribution >= 4 is 11.8 Å². The molecule has 0 saturated carbocycles. The summed E-state index contributed by atoms with van der Waals surface area (Å²) < 4.78 is 32.9. The Kier molecular flexibility index (Phi) is 8.52. The number of allylic oxidation sites excluding steroid dienone is 2. The van der Waals surface area contributed by atoms with Gasteiger partial charge in [-0.25, -0.2) is 8.78 Å². The van der Waals surface area contributed by atoms with Crippen molar-refractivity contribution in [1.29, 1.82) is 0 Å². The largest absolute Gasteiger partial charge is 0.489 e. The van der Waals surface area contributed by atoms with Crippen LogP contribution in [-0.2, 0) is 18.4 Å². The quantitative estimate of drug-likeness (QED) is 0.301. The van der Waals surface area contributed by atoms with Crippen molar-refractivity contribution in [2.45, 2.75) is 57.0 Å². The van der Waals surface area contributed by atoms with Crippen molar-refractivity contribution < 1.29 is 13.5 Å². The van der Waals surface area contributed by atoms with Gasteiger partial charge in [0.15, 0.2) is 0 Å².